The average molecular weight is 358 g/mol. The lowest BCUT2D eigenvalue weighted by atomic mass is 9.96. The second kappa shape index (κ2) is 5.94. The minimum Gasteiger partial charge on any atom is -0.391 e. The van der Waals surface area contributed by atoms with Crippen molar-refractivity contribution in [1.82, 2.24) is 45.6 Å². The smallest absolute Gasteiger partial charge is 0.207 e. The molecule has 0 amide bonds. The Morgan fingerprint density at radius 3 is 2.65 bits per heavy atom. The van der Waals surface area contributed by atoms with Crippen LogP contribution in [0.1, 0.15) is 51.8 Å². The molecule has 1 fully saturated rings. The monoisotopic (exact) mass is 358 g/mol. The van der Waals surface area contributed by atoms with E-state index in [2.05, 4.69) is 56.6 Å². The number of aliphatic hydroxyl groups excluding tert-OH is 1. The van der Waals surface area contributed by atoms with E-state index in [1.165, 1.54) is 4.80 Å². The highest BCUT2D eigenvalue weighted by Gasteiger charge is 2.29. The van der Waals surface area contributed by atoms with Crippen LogP contribution in [0.4, 0.5) is 5.82 Å². The van der Waals surface area contributed by atoms with Gasteiger partial charge in [0.1, 0.15) is 11.9 Å². The molecule has 4 rings (SSSR count). The SMILES string of the molecule is CC(c1nn[nH]n1)n1nc2nc(C(C)(C)C)nc(N3CC[C@@H](O)C3)c2n1. The average Bonchev–Trinajstić information content (AvgIpc) is 3.32. The molecule has 1 aliphatic heterocycles. The van der Waals surface area contributed by atoms with E-state index in [0.29, 0.717) is 41.6 Å². The molecular weight excluding hydrogens is 336 g/mol. The van der Waals surface area contributed by atoms with E-state index in [1.54, 1.807) is 0 Å². The Labute approximate surface area is 149 Å². The molecule has 26 heavy (non-hydrogen) atoms. The summed E-state index contributed by atoms with van der Waals surface area (Å²) in [6.45, 7) is 9.32. The van der Waals surface area contributed by atoms with E-state index in [0.717, 1.165) is 6.54 Å². The molecule has 0 spiro atoms. The number of aromatic amines is 1. The standard InChI is InChI=1S/C15H22N10O/c1-8(11-18-22-23-19-11)25-20-10-12(21-25)16-14(15(2,3)4)17-13(10)24-6-5-9(26)7-24/h8-9,26H,5-7H2,1-4H3,(H,18,19,22,23)/t8?,9-/m1/s1. The van der Waals surface area contributed by atoms with Crippen molar-refractivity contribution in [3.8, 4) is 0 Å². The van der Waals surface area contributed by atoms with Gasteiger partial charge in [-0.1, -0.05) is 26.0 Å². The van der Waals surface area contributed by atoms with Gasteiger partial charge in [-0.3, -0.25) is 0 Å². The Morgan fingerprint density at radius 2 is 2.04 bits per heavy atom. The van der Waals surface area contributed by atoms with Gasteiger partial charge in [-0.15, -0.1) is 20.4 Å². The van der Waals surface area contributed by atoms with Gasteiger partial charge in [-0.2, -0.15) is 10.0 Å². The summed E-state index contributed by atoms with van der Waals surface area (Å²) in [6, 6.07) is -0.293. The second-order valence-corrected chi connectivity index (χ2v) is 7.65. The number of fused-ring (bicyclic) bond motifs is 1. The Morgan fingerprint density at radius 1 is 1.23 bits per heavy atom. The molecule has 3 aromatic rings. The van der Waals surface area contributed by atoms with E-state index in [4.69, 9.17) is 4.98 Å². The van der Waals surface area contributed by atoms with Crippen LogP contribution in [0, 0.1) is 0 Å². The third-order valence-corrected chi connectivity index (χ3v) is 4.46. The zero-order valence-electron chi connectivity index (χ0n) is 15.2. The fourth-order valence-corrected chi connectivity index (χ4v) is 2.93. The molecule has 0 radical (unpaired) electrons. The lowest BCUT2D eigenvalue weighted by molar-refractivity contribution is 0.198. The summed E-state index contributed by atoms with van der Waals surface area (Å²) in [6.07, 6.45) is 0.357. The zero-order chi connectivity index (χ0) is 18.5. The van der Waals surface area contributed by atoms with Crippen molar-refractivity contribution in [2.24, 2.45) is 0 Å². The lowest BCUT2D eigenvalue weighted by Gasteiger charge is -2.21. The van der Waals surface area contributed by atoms with Crippen molar-refractivity contribution in [2.75, 3.05) is 18.0 Å². The van der Waals surface area contributed by atoms with Gasteiger partial charge in [0.25, 0.3) is 0 Å². The maximum absolute atomic E-state index is 9.93. The van der Waals surface area contributed by atoms with Crippen LogP contribution in [0.2, 0.25) is 0 Å². The molecule has 1 unspecified atom stereocenters. The fourth-order valence-electron chi connectivity index (χ4n) is 2.93. The molecule has 0 aromatic carbocycles. The first-order chi connectivity index (χ1) is 12.3. The molecule has 0 bridgehead atoms. The maximum Gasteiger partial charge on any atom is 0.207 e. The number of aromatic nitrogens is 9. The number of aliphatic hydroxyl groups is 1. The van der Waals surface area contributed by atoms with Gasteiger partial charge in [0, 0.05) is 18.5 Å². The summed E-state index contributed by atoms with van der Waals surface area (Å²) < 4.78 is 0. The molecule has 3 aromatic heterocycles. The van der Waals surface area contributed by atoms with E-state index in [-0.39, 0.29) is 17.6 Å². The molecular formula is C15H22N10O. The van der Waals surface area contributed by atoms with E-state index in [1.807, 2.05) is 11.8 Å². The number of β-amino-alcohol motifs (C(OH)–C–C–N with tert-alkyl or cyclic N) is 1. The largest absolute Gasteiger partial charge is 0.391 e. The van der Waals surface area contributed by atoms with Gasteiger partial charge in [0.15, 0.2) is 11.3 Å². The normalized spacial score (nSPS) is 19.4. The number of H-pyrrole nitrogens is 1. The highest BCUT2D eigenvalue weighted by Crippen LogP contribution is 2.29. The van der Waals surface area contributed by atoms with Gasteiger partial charge in [-0.05, 0) is 13.3 Å². The van der Waals surface area contributed by atoms with Crippen molar-refractivity contribution in [3.63, 3.8) is 0 Å². The molecule has 11 heteroatoms. The van der Waals surface area contributed by atoms with Crippen molar-refractivity contribution < 1.29 is 5.11 Å². The van der Waals surface area contributed by atoms with E-state index >= 15 is 0 Å². The number of hydrogen-bond donors (Lipinski definition) is 2. The summed E-state index contributed by atoms with van der Waals surface area (Å²) in [4.78, 5) is 13.0. The van der Waals surface area contributed by atoms with Crippen LogP contribution in [-0.2, 0) is 5.41 Å². The summed E-state index contributed by atoms with van der Waals surface area (Å²) >= 11 is 0. The molecule has 11 nitrogen and oxygen atoms in total. The van der Waals surface area contributed by atoms with Crippen LogP contribution in [0.25, 0.3) is 11.2 Å². The molecule has 4 heterocycles. The summed E-state index contributed by atoms with van der Waals surface area (Å²) in [5.41, 5.74) is 0.906. The van der Waals surface area contributed by atoms with Crippen LogP contribution in [-0.4, -0.2) is 69.9 Å². The highest BCUT2D eigenvalue weighted by molar-refractivity contribution is 5.82. The van der Waals surface area contributed by atoms with Gasteiger partial charge < -0.3 is 10.0 Å². The molecule has 2 N–H and O–H groups in total. The first-order valence-electron chi connectivity index (χ1n) is 8.64. The van der Waals surface area contributed by atoms with Gasteiger partial charge >= 0.3 is 0 Å². The highest BCUT2D eigenvalue weighted by atomic mass is 16.3. The number of nitrogens with zero attached hydrogens (tertiary/aromatic N) is 9. The van der Waals surface area contributed by atoms with Crippen LogP contribution in [0.3, 0.4) is 0 Å². The van der Waals surface area contributed by atoms with E-state index < -0.39 is 0 Å². The Balaban J connectivity index is 1.84. The maximum atomic E-state index is 9.93. The number of tetrazole rings is 1. The van der Waals surface area contributed by atoms with Crippen LogP contribution in [0.5, 0.6) is 0 Å². The predicted molar refractivity (Wildman–Crippen MR) is 92.6 cm³/mol. The Hall–Kier alpha value is -2.69. The minimum atomic E-state index is -0.355. The van der Waals surface area contributed by atoms with Crippen LogP contribution >= 0.6 is 0 Å². The first-order valence-corrected chi connectivity index (χ1v) is 8.64. The van der Waals surface area contributed by atoms with Crippen LogP contribution < -0.4 is 4.90 Å². The summed E-state index contributed by atoms with van der Waals surface area (Å²) in [5, 5.41) is 33.1. The van der Waals surface area contributed by atoms with Gasteiger partial charge in [0.2, 0.25) is 11.5 Å². The molecule has 0 aliphatic carbocycles. The summed E-state index contributed by atoms with van der Waals surface area (Å²) in [5.74, 6) is 1.90. The van der Waals surface area contributed by atoms with Crippen molar-refractivity contribution in [3.05, 3.63) is 11.6 Å². The minimum absolute atomic E-state index is 0.232. The Bertz CT molecular complexity index is 913. The topological polar surface area (TPSA) is 134 Å². The molecule has 1 saturated heterocycles. The molecule has 0 saturated carbocycles. The number of hydrogen-bond acceptors (Lipinski definition) is 9. The molecule has 1 aliphatic rings. The third-order valence-electron chi connectivity index (χ3n) is 4.46. The molecule has 138 valence electrons. The summed E-state index contributed by atoms with van der Waals surface area (Å²) in [7, 11) is 0. The van der Waals surface area contributed by atoms with Crippen LogP contribution in [0.15, 0.2) is 0 Å². The Kier molecular flexibility index (Phi) is 3.83. The first kappa shape index (κ1) is 16.8. The quantitative estimate of drug-likeness (QED) is 0.673. The number of anilines is 1. The van der Waals surface area contributed by atoms with Crippen molar-refractivity contribution in [2.45, 2.75) is 51.7 Å². The fraction of sp³-hybridized carbons (Fsp3) is 0.667. The van der Waals surface area contributed by atoms with Crippen molar-refractivity contribution in [1.29, 1.82) is 0 Å². The van der Waals surface area contributed by atoms with Gasteiger partial charge in [-0.25, -0.2) is 9.97 Å². The van der Waals surface area contributed by atoms with Gasteiger partial charge in [0.05, 0.1) is 6.10 Å². The van der Waals surface area contributed by atoms with E-state index in [9.17, 15) is 5.11 Å². The zero-order valence-corrected chi connectivity index (χ0v) is 15.2. The lowest BCUT2D eigenvalue weighted by Crippen LogP contribution is -2.25. The predicted octanol–water partition coefficient (Wildman–Crippen LogP) is 0.212. The second-order valence-electron chi connectivity index (χ2n) is 7.65. The number of nitrogens with one attached hydrogen (secondary N) is 1. The molecule has 2 atom stereocenters. The van der Waals surface area contributed by atoms with Crippen molar-refractivity contribution >= 4 is 17.0 Å². The third kappa shape index (κ3) is 2.87. The number of rotatable bonds is 3.